The smallest absolute Gasteiger partial charge is 0.122 e. The maximum atomic E-state index is 5.55. The topological polar surface area (TPSA) is 21.3 Å². The molecule has 1 aromatic carbocycles. The van der Waals surface area contributed by atoms with Gasteiger partial charge in [0.1, 0.15) is 5.75 Å². The average molecular weight is 289 g/mol. The number of likely N-dealkylation sites (N-methyl/N-ethyl adjacent to an activating group) is 1. The Morgan fingerprint density at radius 1 is 1.14 bits per heavy atom. The highest BCUT2D eigenvalue weighted by Gasteiger charge is 2.22. The molecule has 0 aliphatic heterocycles. The fourth-order valence-corrected chi connectivity index (χ4v) is 3.70. The van der Waals surface area contributed by atoms with E-state index in [0.717, 1.165) is 18.1 Å². The van der Waals surface area contributed by atoms with Crippen molar-refractivity contribution in [2.75, 3.05) is 14.2 Å². The maximum absolute atomic E-state index is 5.55. The van der Waals surface area contributed by atoms with Crippen LogP contribution in [0.25, 0.3) is 0 Å². The lowest BCUT2D eigenvalue weighted by atomic mass is 9.83. The van der Waals surface area contributed by atoms with E-state index >= 15 is 0 Å². The van der Waals surface area contributed by atoms with Gasteiger partial charge in [0.25, 0.3) is 0 Å². The summed E-state index contributed by atoms with van der Waals surface area (Å²) in [4.78, 5) is 0. The van der Waals surface area contributed by atoms with Crippen LogP contribution in [0.2, 0.25) is 0 Å². The molecule has 1 unspecified atom stereocenters. The van der Waals surface area contributed by atoms with E-state index in [2.05, 4.69) is 37.5 Å². The van der Waals surface area contributed by atoms with E-state index in [1.54, 1.807) is 7.11 Å². The second-order valence-electron chi connectivity index (χ2n) is 6.52. The van der Waals surface area contributed by atoms with Crippen LogP contribution < -0.4 is 10.1 Å². The molecule has 0 heterocycles. The lowest BCUT2D eigenvalue weighted by Crippen LogP contribution is -2.36. The second-order valence-corrected chi connectivity index (χ2v) is 6.52. The van der Waals surface area contributed by atoms with Crippen molar-refractivity contribution in [2.24, 2.45) is 5.92 Å². The van der Waals surface area contributed by atoms with Crippen LogP contribution in [0.5, 0.6) is 5.75 Å². The summed E-state index contributed by atoms with van der Waals surface area (Å²) in [6, 6.07) is 7.09. The zero-order valence-electron chi connectivity index (χ0n) is 14.0. The number of hydrogen-bond acceptors (Lipinski definition) is 2. The molecule has 1 aromatic rings. The summed E-state index contributed by atoms with van der Waals surface area (Å²) in [5.74, 6) is 1.84. The van der Waals surface area contributed by atoms with E-state index in [1.165, 1.54) is 56.1 Å². The summed E-state index contributed by atoms with van der Waals surface area (Å²) < 4.78 is 5.55. The highest BCUT2D eigenvalue weighted by Crippen LogP contribution is 2.29. The highest BCUT2D eigenvalue weighted by molar-refractivity contribution is 5.37. The Morgan fingerprint density at radius 3 is 2.43 bits per heavy atom. The first kappa shape index (κ1) is 16.4. The van der Waals surface area contributed by atoms with E-state index in [-0.39, 0.29) is 0 Å². The standard InChI is InChI=1S/C19H31NO/c1-15-11-12-19(21-3)17(13-15)14-18(20-2)16-9-7-5-4-6-8-10-16/h11-13,16,18,20H,4-10,14H2,1-3H3. The third kappa shape index (κ3) is 4.74. The van der Waals surface area contributed by atoms with Gasteiger partial charge in [0.2, 0.25) is 0 Å². The molecule has 0 radical (unpaired) electrons. The van der Waals surface area contributed by atoms with Crippen molar-refractivity contribution in [3.63, 3.8) is 0 Å². The SMILES string of the molecule is CNC(Cc1cc(C)ccc1OC)C1CCCCCCC1. The maximum Gasteiger partial charge on any atom is 0.122 e. The van der Waals surface area contributed by atoms with Gasteiger partial charge in [0.05, 0.1) is 7.11 Å². The van der Waals surface area contributed by atoms with Gasteiger partial charge in [-0.3, -0.25) is 0 Å². The van der Waals surface area contributed by atoms with Gasteiger partial charge < -0.3 is 10.1 Å². The Hall–Kier alpha value is -1.02. The third-order valence-corrected chi connectivity index (χ3v) is 4.97. The summed E-state index contributed by atoms with van der Waals surface area (Å²) in [6.07, 6.45) is 10.9. The van der Waals surface area contributed by atoms with Gasteiger partial charge in [-0.1, -0.05) is 49.8 Å². The molecule has 2 heteroatoms. The van der Waals surface area contributed by atoms with E-state index in [4.69, 9.17) is 4.74 Å². The summed E-state index contributed by atoms with van der Waals surface area (Å²) >= 11 is 0. The lowest BCUT2D eigenvalue weighted by Gasteiger charge is -2.29. The zero-order valence-corrected chi connectivity index (χ0v) is 14.0. The van der Waals surface area contributed by atoms with Crippen molar-refractivity contribution in [3.8, 4) is 5.75 Å². The number of benzene rings is 1. The van der Waals surface area contributed by atoms with Crippen molar-refractivity contribution in [3.05, 3.63) is 29.3 Å². The van der Waals surface area contributed by atoms with Crippen LogP contribution in [0.3, 0.4) is 0 Å². The first-order valence-corrected chi connectivity index (χ1v) is 8.55. The van der Waals surface area contributed by atoms with Crippen molar-refractivity contribution >= 4 is 0 Å². The van der Waals surface area contributed by atoms with Gasteiger partial charge in [-0.2, -0.15) is 0 Å². The van der Waals surface area contributed by atoms with Crippen LogP contribution in [0.1, 0.15) is 56.1 Å². The predicted octanol–water partition coefficient (Wildman–Crippen LogP) is 4.49. The number of methoxy groups -OCH3 is 1. The predicted molar refractivity (Wildman–Crippen MR) is 90.1 cm³/mol. The first-order valence-electron chi connectivity index (χ1n) is 8.55. The minimum Gasteiger partial charge on any atom is -0.496 e. The number of ether oxygens (including phenoxy) is 1. The van der Waals surface area contributed by atoms with Crippen molar-refractivity contribution in [1.29, 1.82) is 0 Å². The fraction of sp³-hybridized carbons (Fsp3) is 0.684. The molecule has 2 nitrogen and oxygen atoms in total. The Morgan fingerprint density at radius 2 is 1.81 bits per heavy atom. The fourth-order valence-electron chi connectivity index (χ4n) is 3.70. The number of aryl methyl sites for hydroxylation is 1. The molecule has 0 bridgehead atoms. The van der Waals surface area contributed by atoms with Crippen LogP contribution in [-0.2, 0) is 6.42 Å². The largest absolute Gasteiger partial charge is 0.496 e. The van der Waals surface area contributed by atoms with E-state index in [1.807, 2.05) is 0 Å². The zero-order chi connectivity index (χ0) is 15.1. The summed E-state index contributed by atoms with van der Waals surface area (Å²) in [6.45, 7) is 2.16. The Bertz CT molecular complexity index is 422. The molecule has 0 amide bonds. The lowest BCUT2D eigenvalue weighted by molar-refractivity contribution is 0.291. The molecule has 2 rings (SSSR count). The average Bonchev–Trinajstić information content (AvgIpc) is 2.45. The van der Waals surface area contributed by atoms with Gasteiger partial charge in [0, 0.05) is 6.04 Å². The Kier molecular flexibility index (Phi) is 6.56. The molecule has 0 aromatic heterocycles. The highest BCUT2D eigenvalue weighted by atomic mass is 16.5. The van der Waals surface area contributed by atoms with Gasteiger partial charge in [-0.25, -0.2) is 0 Å². The minimum atomic E-state index is 0.568. The summed E-state index contributed by atoms with van der Waals surface area (Å²) in [7, 11) is 3.89. The molecule has 0 saturated heterocycles. The molecule has 1 aliphatic rings. The van der Waals surface area contributed by atoms with E-state index < -0.39 is 0 Å². The third-order valence-electron chi connectivity index (χ3n) is 4.97. The van der Waals surface area contributed by atoms with Gasteiger partial charge in [-0.15, -0.1) is 0 Å². The second kappa shape index (κ2) is 8.43. The molecule has 0 spiro atoms. The van der Waals surface area contributed by atoms with Crippen LogP contribution in [0.4, 0.5) is 0 Å². The molecule has 1 saturated carbocycles. The van der Waals surface area contributed by atoms with Gasteiger partial charge in [0.15, 0.2) is 0 Å². The summed E-state index contributed by atoms with van der Waals surface area (Å²) in [5.41, 5.74) is 2.66. The molecule has 118 valence electrons. The molecule has 1 atom stereocenters. The van der Waals surface area contributed by atoms with Crippen LogP contribution in [0, 0.1) is 12.8 Å². The van der Waals surface area contributed by atoms with Gasteiger partial charge >= 0.3 is 0 Å². The number of rotatable bonds is 5. The molecule has 1 N–H and O–H groups in total. The molecule has 21 heavy (non-hydrogen) atoms. The van der Waals surface area contributed by atoms with Crippen molar-refractivity contribution in [1.82, 2.24) is 5.32 Å². The van der Waals surface area contributed by atoms with Gasteiger partial charge in [-0.05, 0) is 50.8 Å². The quantitative estimate of drug-likeness (QED) is 0.862. The van der Waals surface area contributed by atoms with Crippen LogP contribution in [0.15, 0.2) is 18.2 Å². The van der Waals surface area contributed by atoms with E-state index in [9.17, 15) is 0 Å². The van der Waals surface area contributed by atoms with E-state index in [0.29, 0.717) is 6.04 Å². The molecule has 1 aliphatic carbocycles. The monoisotopic (exact) mass is 289 g/mol. The van der Waals surface area contributed by atoms with Crippen LogP contribution >= 0.6 is 0 Å². The van der Waals surface area contributed by atoms with Crippen molar-refractivity contribution in [2.45, 2.75) is 64.3 Å². The Balaban J connectivity index is 2.08. The van der Waals surface area contributed by atoms with Crippen molar-refractivity contribution < 1.29 is 4.74 Å². The minimum absolute atomic E-state index is 0.568. The normalized spacial score (nSPS) is 18.8. The molecule has 1 fully saturated rings. The summed E-state index contributed by atoms with van der Waals surface area (Å²) in [5, 5.41) is 3.58. The number of hydrogen-bond donors (Lipinski definition) is 1. The molecular weight excluding hydrogens is 258 g/mol. The Labute approximate surface area is 130 Å². The molecular formula is C19H31NO. The van der Waals surface area contributed by atoms with Crippen LogP contribution in [-0.4, -0.2) is 20.2 Å². The number of nitrogens with one attached hydrogen (secondary N) is 1. The first-order chi connectivity index (χ1) is 10.2.